The zero-order valence-corrected chi connectivity index (χ0v) is 19.9. The van der Waals surface area contributed by atoms with Crippen molar-refractivity contribution in [1.82, 2.24) is 19.4 Å². The van der Waals surface area contributed by atoms with E-state index in [-0.39, 0.29) is 11.5 Å². The van der Waals surface area contributed by atoms with E-state index in [1.54, 1.807) is 32.1 Å². The Balaban J connectivity index is 1.43. The van der Waals surface area contributed by atoms with Crippen molar-refractivity contribution in [3.63, 3.8) is 0 Å². The number of likely N-dealkylation sites (tertiary alicyclic amines) is 1. The summed E-state index contributed by atoms with van der Waals surface area (Å²) in [5.74, 6) is 1.38. The van der Waals surface area contributed by atoms with E-state index in [0.29, 0.717) is 27.6 Å². The molecule has 170 valence electrons. The van der Waals surface area contributed by atoms with Crippen LogP contribution in [0.4, 0.5) is 0 Å². The minimum atomic E-state index is -0.0885. The van der Waals surface area contributed by atoms with E-state index in [4.69, 9.17) is 4.74 Å². The molecule has 0 radical (unpaired) electrons. The number of nitrogens with zero attached hydrogens (tertiary/aromatic N) is 4. The van der Waals surface area contributed by atoms with Gasteiger partial charge in [-0.05, 0) is 56.0 Å². The summed E-state index contributed by atoms with van der Waals surface area (Å²) < 4.78 is 7.22. The van der Waals surface area contributed by atoms with Gasteiger partial charge in [-0.15, -0.1) is 11.3 Å². The maximum atomic E-state index is 13.1. The van der Waals surface area contributed by atoms with Crippen molar-refractivity contribution in [3.8, 4) is 5.75 Å². The van der Waals surface area contributed by atoms with Crippen molar-refractivity contribution in [3.05, 3.63) is 57.0 Å². The van der Waals surface area contributed by atoms with Gasteiger partial charge in [-0.25, -0.2) is 4.98 Å². The highest BCUT2D eigenvalue weighted by Gasteiger charge is 2.24. The van der Waals surface area contributed by atoms with Gasteiger partial charge in [0.2, 0.25) is 0 Å². The molecular formula is C24H30N4O3S. The molecule has 1 aliphatic heterocycles. The maximum Gasteiger partial charge on any atom is 0.263 e. The third kappa shape index (κ3) is 4.29. The predicted molar refractivity (Wildman–Crippen MR) is 128 cm³/mol. The molecule has 1 amide bonds. The number of methoxy groups -OCH3 is 1. The van der Waals surface area contributed by atoms with Crippen LogP contribution in [0.15, 0.2) is 35.4 Å². The lowest BCUT2D eigenvalue weighted by atomic mass is 9.89. The molecule has 1 fully saturated rings. The lowest BCUT2D eigenvalue weighted by Gasteiger charge is -2.32. The minimum Gasteiger partial charge on any atom is -0.496 e. The Morgan fingerprint density at radius 3 is 2.62 bits per heavy atom. The number of carbonyl (C=O) groups excluding carboxylic acids is 1. The zero-order valence-electron chi connectivity index (χ0n) is 19.1. The van der Waals surface area contributed by atoms with E-state index in [9.17, 15) is 9.59 Å². The first-order valence-corrected chi connectivity index (χ1v) is 11.8. The molecule has 4 rings (SSSR count). The summed E-state index contributed by atoms with van der Waals surface area (Å²) >= 11 is 1.29. The molecule has 0 aliphatic carbocycles. The Kier molecular flexibility index (Phi) is 6.62. The molecule has 3 heterocycles. The lowest BCUT2D eigenvalue weighted by molar-refractivity contribution is 0.0831. The number of hydrogen-bond acceptors (Lipinski definition) is 6. The smallest absolute Gasteiger partial charge is 0.263 e. The first-order valence-electron chi connectivity index (χ1n) is 11.0. The molecule has 32 heavy (non-hydrogen) atoms. The molecule has 1 saturated heterocycles. The molecule has 7 nitrogen and oxygen atoms in total. The molecule has 2 aromatic heterocycles. The molecule has 0 saturated carbocycles. The van der Waals surface area contributed by atoms with E-state index < -0.39 is 0 Å². The monoisotopic (exact) mass is 454 g/mol. The summed E-state index contributed by atoms with van der Waals surface area (Å²) in [5, 5.41) is 0.567. The van der Waals surface area contributed by atoms with Gasteiger partial charge in [0.25, 0.3) is 11.5 Å². The molecule has 0 N–H and O–H groups in total. The molecule has 1 aromatic carbocycles. The van der Waals surface area contributed by atoms with Crippen LogP contribution in [0.5, 0.6) is 5.75 Å². The average Bonchev–Trinajstić information content (AvgIpc) is 3.15. The fourth-order valence-electron chi connectivity index (χ4n) is 4.45. The van der Waals surface area contributed by atoms with Gasteiger partial charge in [0.15, 0.2) is 0 Å². The number of aromatic nitrogens is 2. The Bertz CT molecular complexity index is 1180. The average molecular weight is 455 g/mol. The first-order chi connectivity index (χ1) is 15.4. The van der Waals surface area contributed by atoms with Crippen LogP contribution in [0.2, 0.25) is 0 Å². The number of thiophene rings is 1. The number of benzene rings is 1. The number of amides is 1. The number of ether oxygens (including phenoxy) is 1. The SMILES string of the molecule is COc1ccccc1C1CCN(CCn2cnc3sc(C(=O)N(C)C)c(C)c3c2=O)CC1. The van der Waals surface area contributed by atoms with Gasteiger partial charge >= 0.3 is 0 Å². The summed E-state index contributed by atoms with van der Waals surface area (Å²) in [6.07, 6.45) is 3.77. The standard InChI is InChI=1S/C24H30N4O3S/c1-16-20-22(32-21(16)24(30)26(2)3)25-15-28(23(20)29)14-13-27-11-9-17(10-12-27)18-7-5-6-8-19(18)31-4/h5-8,15,17H,9-14H2,1-4H3. The van der Waals surface area contributed by atoms with E-state index in [0.717, 1.165) is 43.8 Å². The second-order valence-electron chi connectivity index (χ2n) is 8.54. The van der Waals surface area contributed by atoms with E-state index in [2.05, 4.69) is 22.0 Å². The van der Waals surface area contributed by atoms with Crippen molar-refractivity contribution in [2.24, 2.45) is 0 Å². The highest BCUT2D eigenvalue weighted by Crippen LogP contribution is 2.34. The van der Waals surface area contributed by atoms with Crippen LogP contribution < -0.4 is 10.3 Å². The van der Waals surface area contributed by atoms with E-state index >= 15 is 0 Å². The molecule has 8 heteroatoms. The number of carbonyl (C=O) groups is 1. The summed E-state index contributed by atoms with van der Waals surface area (Å²) in [6, 6.07) is 8.28. The third-order valence-electron chi connectivity index (χ3n) is 6.34. The van der Waals surface area contributed by atoms with E-state index in [1.807, 2.05) is 19.1 Å². The Hall–Kier alpha value is -2.71. The number of fused-ring (bicyclic) bond motifs is 1. The van der Waals surface area contributed by atoms with Crippen molar-refractivity contribution >= 4 is 27.5 Å². The Labute approximate surface area is 192 Å². The highest BCUT2D eigenvalue weighted by molar-refractivity contribution is 7.20. The topological polar surface area (TPSA) is 67.7 Å². The molecule has 0 bridgehead atoms. The number of aryl methyl sites for hydroxylation is 1. The van der Waals surface area contributed by atoms with Crippen LogP contribution >= 0.6 is 11.3 Å². The van der Waals surface area contributed by atoms with Crippen LogP contribution in [-0.4, -0.2) is 66.1 Å². The second kappa shape index (κ2) is 9.42. The van der Waals surface area contributed by atoms with Crippen molar-refractivity contribution in [2.75, 3.05) is 40.8 Å². The molecule has 1 aliphatic rings. The summed E-state index contributed by atoms with van der Waals surface area (Å²) in [7, 11) is 5.16. The molecule has 3 aromatic rings. The molecule has 0 spiro atoms. The lowest BCUT2D eigenvalue weighted by Crippen LogP contribution is -2.36. The zero-order chi connectivity index (χ0) is 22.8. The van der Waals surface area contributed by atoms with Crippen LogP contribution in [0.25, 0.3) is 10.2 Å². The predicted octanol–water partition coefficient (Wildman–Crippen LogP) is 3.36. The van der Waals surface area contributed by atoms with Crippen LogP contribution in [0.1, 0.15) is 39.6 Å². The normalized spacial score (nSPS) is 15.2. The molecular weight excluding hydrogens is 424 g/mol. The third-order valence-corrected chi connectivity index (χ3v) is 7.53. The van der Waals surface area contributed by atoms with Gasteiger partial charge < -0.3 is 14.5 Å². The number of rotatable bonds is 6. The van der Waals surface area contributed by atoms with Crippen molar-refractivity contribution < 1.29 is 9.53 Å². The van der Waals surface area contributed by atoms with Crippen LogP contribution in [-0.2, 0) is 6.54 Å². The van der Waals surface area contributed by atoms with Crippen molar-refractivity contribution in [2.45, 2.75) is 32.2 Å². The quantitative estimate of drug-likeness (QED) is 0.571. The van der Waals surface area contributed by atoms with Gasteiger partial charge in [0, 0.05) is 27.2 Å². The Morgan fingerprint density at radius 1 is 1.22 bits per heavy atom. The fraction of sp³-hybridized carbons (Fsp3) is 0.458. The summed E-state index contributed by atoms with van der Waals surface area (Å²) in [4.78, 5) is 35.2. The maximum absolute atomic E-state index is 13.1. The summed E-state index contributed by atoms with van der Waals surface area (Å²) in [6.45, 7) is 5.22. The van der Waals surface area contributed by atoms with Gasteiger partial charge in [0.1, 0.15) is 10.6 Å². The van der Waals surface area contributed by atoms with E-state index in [1.165, 1.54) is 21.8 Å². The second-order valence-corrected chi connectivity index (χ2v) is 9.54. The summed E-state index contributed by atoms with van der Waals surface area (Å²) in [5.41, 5.74) is 1.95. The van der Waals surface area contributed by atoms with Gasteiger partial charge in [-0.1, -0.05) is 18.2 Å². The first kappa shape index (κ1) is 22.5. The van der Waals surface area contributed by atoms with Gasteiger partial charge in [0.05, 0.1) is 23.7 Å². The Morgan fingerprint density at radius 2 is 1.94 bits per heavy atom. The minimum absolute atomic E-state index is 0.0644. The highest BCUT2D eigenvalue weighted by atomic mass is 32.1. The van der Waals surface area contributed by atoms with Crippen LogP contribution in [0, 0.1) is 6.92 Å². The van der Waals surface area contributed by atoms with Gasteiger partial charge in [-0.3, -0.25) is 14.2 Å². The van der Waals surface area contributed by atoms with Gasteiger partial charge in [-0.2, -0.15) is 0 Å². The van der Waals surface area contributed by atoms with Crippen molar-refractivity contribution in [1.29, 1.82) is 0 Å². The number of para-hydroxylation sites is 1. The fourth-order valence-corrected chi connectivity index (χ4v) is 5.61. The molecule has 0 unspecified atom stereocenters. The molecule has 0 atom stereocenters. The van der Waals surface area contributed by atoms with Crippen LogP contribution in [0.3, 0.4) is 0 Å². The largest absolute Gasteiger partial charge is 0.496 e. The number of hydrogen-bond donors (Lipinski definition) is 0. The number of piperidine rings is 1.